The minimum atomic E-state index is -4.62. The Hall–Kier alpha value is -0.300. The molecule has 0 radical (unpaired) electrons. The van der Waals surface area contributed by atoms with Crippen LogP contribution in [-0.4, -0.2) is 39.2 Å². The van der Waals surface area contributed by atoms with E-state index < -0.39 is 21.8 Å². The minimum Gasteiger partial charge on any atom is -0.316 e. The fraction of sp³-hybridized carbons (Fsp3) is 1.00. The molecule has 1 saturated heterocycles. The molecule has 0 aromatic heterocycles. The first-order chi connectivity index (χ1) is 5.79. The van der Waals surface area contributed by atoms with Gasteiger partial charge in [-0.15, -0.1) is 0 Å². The summed E-state index contributed by atoms with van der Waals surface area (Å²) in [4.78, 5) is 0. The quantitative estimate of drug-likeness (QED) is 0.733. The van der Waals surface area contributed by atoms with Crippen molar-refractivity contribution in [2.45, 2.75) is 6.18 Å². The van der Waals surface area contributed by atoms with Crippen LogP contribution in [0, 0.1) is 5.92 Å². The first-order valence-corrected chi connectivity index (χ1v) is 5.58. The number of rotatable bonds is 3. The van der Waals surface area contributed by atoms with Crippen LogP contribution in [0.15, 0.2) is 0 Å². The number of hydrogen-bond donors (Lipinski definition) is 1. The molecule has 1 fully saturated rings. The fourth-order valence-corrected chi connectivity index (χ4v) is 2.70. The number of sulfone groups is 1. The van der Waals surface area contributed by atoms with Crippen molar-refractivity contribution in [3.8, 4) is 0 Å². The van der Waals surface area contributed by atoms with Crippen LogP contribution in [-0.2, 0) is 9.84 Å². The standard InChI is InChI=1S/C6H10F3NO2S/c7-6(8,9)4-13(11,12)3-5-1-10-2-5/h5,10H,1-4H2. The molecule has 0 aromatic rings. The van der Waals surface area contributed by atoms with Gasteiger partial charge in [0, 0.05) is 13.1 Å². The molecule has 1 N–H and O–H groups in total. The first kappa shape index (κ1) is 10.8. The van der Waals surface area contributed by atoms with E-state index >= 15 is 0 Å². The highest BCUT2D eigenvalue weighted by molar-refractivity contribution is 7.91. The van der Waals surface area contributed by atoms with Gasteiger partial charge in [0.05, 0.1) is 5.75 Å². The smallest absolute Gasteiger partial charge is 0.316 e. The Morgan fingerprint density at radius 3 is 2.15 bits per heavy atom. The van der Waals surface area contributed by atoms with Gasteiger partial charge in [0.25, 0.3) is 0 Å². The molecule has 1 aliphatic rings. The van der Waals surface area contributed by atoms with Gasteiger partial charge in [-0.2, -0.15) is 13.2 Å². The second-order valence-corrected chi connectivity index (χ2v) is 5.30. The zero-order chi connectivity index (χ0) is 10.1. The lowest BCUT2D eigenvalue weighted by Gasteiger charge is -2.26. The fourth-order valence-electron chi connectivity index (χ4n) is 1.13. The van der Waals surface area contributed by atoms with Crippen molar-refractivity contribution in [1.29, 1.82) is 0 Å². The highest BCUT2D eigenvalue weighted by Gasteiger charge is 2.36. The predicted molar refractivity (Wildman–Crippen MR) is 41.1 cm³/mol. The van der Waals surface area contributed by atoms with Crippen LogP contribution in [0.3, 0.4) is 0 Å². The van der Waals surface area contributed by atoms with Crippen LogP contribution >= 0.6 is 0 Å². The molecule has 0 unspecified atom stereocenters. The normalized spacial score (nSPS) is 19.9. The van der Waals surface area contributed by atoms with Gasteiger partial charge in [0.15, 0.2) is 9.84 Å². The van der Waals surface area contributed by atoms with Crippen molar-refractivity contribution in [3.05, 3.63) is 0 Å². The zero-order valence-electron chi connectivity index (χ0n) is 6.76. The molecule has 0 atom stereocenters. The van der Waals surface area contributed by atoms with Crippen molar-refractivity contribution in [2.24, 2.45) is 5.92 Å². The lowest BCUT2D eigenvalue weighted by molar-refractivity contribution is -0.106. The van der Waals surface area contributed by atoms with Gasteiger partial charge in [0.2, 0.25) is 0 Å². The Kier molecular flexibility index (Phi) is 2.86. The zero-order valence-corrected chi connectivity index (χ0v) is 7.58. The summed E-state index contributed by atoms with van der Waals surface area (Å²) in [6, 6.07) is 0. The Morgan fingerprint density at radius 2 is 1.85 bits per heavy atom. The Bertz CT molecular complexity index is 268. The molecule has 1 heterocycles. The van der Waals surface area contributed by atoms with Gasteiger partial charge in [-0.1, -0.05) is 0 Å². The van der Waals surface area contributed by atoms with Gasteiger partial charge < -0.3 is 5.32 Å². The maximum atomic E-state index is 11.7. The number of hydrogen-bond acceptors (Lipinski definition) is 3. The molecular weight excluding hydrogens is 207 g/mol. The summed E-state index contributed by atoms with van der Waals surface area (Å²) < 4.78 is 57.0. The van der Waals surface area contributed by atoms with Crippen LogP contribution < -0.4 is 5.32 Å². The summed E-state index contributed by atoms with van der Waals surface area (Å²) in [7, 11) is -3.96. The lowest BCUT2D eigenvalue weighted by atomic mass is 10.1. The maximum absolute atomic E-state index is 11.7. The molecule has 0 aromatic carbocycles. The van der Waals surface area contributed by atoms with Crippen molar-refractivity contribution < 1.29 is 21.6 Å². The molecule has 0 bridgehead atoms. The third-order valence-corrected chi connectivity index (χ3v) is 3.49. The number of alkyl halides is 3. The third-order valence-electron chi connectivity index (χ3n) is 1.74. The van der Waals surface area contributed by atoms with Crippen molar-refractivity contribution in [2.75, 3.05) is 24.6 Å². The lowest BCUT2D eigenvalue weighted by Crippen LogP contribution is -2.46. The summed E-state index contributed by atoms with van der Waals surface area (Å²) in [5.41, 5.74) is 0. The summed E-state index contributed by atoms with van der Waals surface area (Å²) in [6.07, 6.45) is -4.62. The molecular formula is C6H10F3NO2S. The molecule has 78 valence electrons. The van der Waals surface area contributed by atoms with Crippen LogP contribution in [0.4, 0.5) is 13.2 Å². The molecule has 0 amide bonds. The van der Waals surface area contributed by atoms with Crippen molar-refractivity contribution in [3.63, 3.8) is 0 Å². The van der Waals surface area contributed by atoms with E-state index in [1.165, 1.54) is 0 Å². The number of halogens is 3. The van der Waals surface area contributed by atoms with E-state index in [2.05, 4.69) is 5.32 Å². The predicted octanol–water partition coefficient (Wildman–Crippen LogP) is 0.183. The number of nitrogens with one attached hydrogen (secondary N) is 1. The van der Waals surface area contributed by atoms with Crippen LogP contribution in [0.1, 0.15) is 0 Å². The van der Waals surface area contributed by atoms with E-state index in [1.54, 1.807) is 0 Å². The monoisotopic (exact) mass is 217 g/mol. The van der Waals surface area contributed by atoms with Crippen molar-refractivity contribution in [1.82, 2.24) is 5.32 Å². The third kappa shape index (κ3) is 3.95. The largest absolute Gasteiger partial charge is 0.402 e. The highest BCUT2D eigenvalue weighted by Crippen LogP contribution is 2.19. The van der Waals surface area contributed by atoms with Gasteiger partial charge in [-0.25, -0.2) is 8.42 Å². The Balaban J connectivity index is 2.46. The molecule has 1 aliphatic heterocycles. The van der Waals surface area contributed by atoms with E-state index in [-0.39, 0.29) is 11.7 Å². The topological polar surface area (TPSA) is 46.2 Å². The summed E-state index contributed by atoms with van der Waals surface area (Å²) in [5, 5.41) is 2.80. The summed E-state index contributed by atoms with van der Waals surface area (Å²) >= 11 is 0. The SMILES string of the molecule is O=S(=O)(CC1CNC1)CC(F)(F)F. The Morgan fingerprint density at radius 1 is 1.31 bits per heavy atom. The minimum absolute atomic E-state index is 0.146. The van der Waals surface area contributed by atoms with Crippen LogP contribution in [0.25, 0.3) is 0 Å². The van der Waals surface area contributed by atoms with Crippen molar-refractivity contribution >= 4 is 9.84 Å². The van der Waals surface area contributed by atoms with Gasteiger partial charge in [-0.3, -0.25) is 0 Å². The molecule has 3 nitrogen and oxygen atoms in total. The van der Waals surface area contributed by atoms with E-state index in [0.717, 1.165) is 0 Å². The molecule has 0 spiro atoms. The maximum Gasteiger partial charge on any atom is 0.402 e. The summed E-state index contributed by atoms with van der Waals surface area (Å²) in [5.74, 6) is -2.21. The van der Waals surface area contributed by atoms with E-state index in [4.69, 9.17) is 0 Å². The van der Waals surface area contributed by atoms with Gasteiger partial charge >= 0.3 is 6.18 Å². The Labute approximate surface area is 74.2 Å². The summed E-state index contributed by atoms with van der Waals surface area (Å²) in [6.45, 7) is 0.994. The molecule has 13 heavy (non-hydrogen) atoms. The average Bonchev–Trinajstić information content (AvgIpc) is 1.73. The van der Waals surface area contributed by atoms with Crippen LogP contribution in [0.2, 0.25) is 0 Å². The first-order valence-electron chi connectivity index (χ1n) is 3.76. The van der Waals surface area contributed by atoms with Gasteiger partial charge in [0.1, 0.15) is 5.75 Å². The van der Waals surface area contributed by atoms with Crippen LogP contribution in [0.5, 0.6) is 0 Å². The average molecular weight is 217 g/mol. The molecule has 7 heteroatoms. The molecule has 0 aliphatic carbocycles. The second-order valence-electron chi connectivity index (χ2n) is 3.19. The molecule has 1 rings (SSSR count). The van der Waals surface area contributed by atoms with E-state index in [0.29, 0.717) is 13.1 Å². The second kappa shape index (κ2) is 3.45. The highest BCUT2D eigenvalue weighted by atomic mass is 32.2. The van der Waals surface area contributed by atoms with E-state index in [9.17, 15) is 21.6 Å². The van der Waals surface area contributed by atoms with Gasteiger partial charge in [-0.05, 0) is 5.92 Å². The molecule has 0 saturated carbocycles. The van der Waals surface area contributed by atoms with E-state index in [1.807, 2.05) is 0 Å².